The average molecular weight is 330 g/mol. The minimum Gasteiger partial charge on any atom is -0.497 e. The molecule has 0 aliphatic carbocycles. The molecule has 84 valence electrons. The number of halogens is 1. The predicted octanol–water partition coefficient (Wildman–Crippen LogP) is 2.47. The van der Waals surface area contributed by atoms with Crippen LogP contribution in [0.15, 0.2) is 28.8 Å². The summed E-state index contributed by atoms with van der Waals surface area (Å²) in [5.74, 6) is 1.55. The third kappa shape index (κ3) is 2.94. The number of methoxy groups -OCH3 is 1. The molecule has 16 heavy (non-hydrogen) atoms. The smallest absolute Gasteiger partial charge is 0.232 e. The number of hydrogen-bond acceptors (Lipinski definition) is 4. The molecule has 0 aliphatic rings. The first-order valence-corrected chi connectivity index (χ1v) is 5.97. The Hall–Kier alpha value is -1.11. The second-order valence-electron chi connectivity index (χ2n) is 3.31. The summed E-state index contributed by atoms with van der Waals surface area (Å²) in [4.78, 5) is 4.14. The van der Waals surface area contributed by atoms with Crippen LogP contribution in [-0.4, -0.2) is 17.3 Å². The van der Waals surface area contributed by atoms with Crippen molar-refractivity contribution in [2.75, 3.05) is 7.11 Å². The van der Waals surface area contributed by atoms with Gasteiger partial charge in [0.2, 0.25) is 9.72 Å². The van der Waals surface area contributed by atoms with Crippen LogP contribution in [0.25, 0.3) is 0 Å². The molecule has 1 aromatic carbocycles. The van der Waals surface area contributed by atoms with E-state index in [4.69, 9.17) is 9.26 Å². The van der Waals surface area contributed by atoms with Crippen LogP contribution in [0.4, 0.5) is 0 Å². The standard InChI is InChI=1S/C11H11IN2O2/c1-15-9-5-2-8(3-6-9)4-7-10-13-11(12)14-16-10/h2-3,5-6H,4,7H2,1H3. The lowest BCUT2D eigenvalue weighted by atomic mass is 10.1. The Labute approximate surface area is 107 Å². The van der Waals surface area contributed by atoms with E-state index >= 15 is 0 Å². The Morgan fingerprint density at radius 1 is 1.25 bits per heavy atom. The number of rotatable bonds is 4. The minimum atomic E-state index is 0.655. The number of aromatic nitrogens is 2. The lowest BCUT2D eigenvalue weighted by Crippen LogP contribution is -1.92. The van der Waals surface area contributed by atoms with Crippen molar-refractivity contribution < 1.29 is 9.26 Å². The van der Waals surface area contributed by atoms with Gasteiger partial charge >= 0.3 is 0 Å². The first kappa shape index (κ1) is 11.4. The Morgan fingerprint density at radius 2 is 2.00 bits per heavy atom. The number of benzene rings is 1. The monoisotopic (exact) mass is 330 g/mol. The van der Waals surface area contributed by atoms with Crippen LogP contribution >= 0.6 is 22.6 Å². The molecule has 1 heterocycles. The maximum absolute atomic E-state index is 5.09. The van der Waals surface area contributed by atoms with E-state index < -0.39 is 0 Å². The Morgan fingerprint density at radius 3 is 2.56 bits per heavy atom. The lowest BCUT2D eigenvalue weighted by Gasteiger charge is -2.01. The molecule has 4 nitrogen and oxygen atoms in total. The SMILES string of the molecule is COc1ccc(CCc2nc(I)no2)cc1. The van der Waals surface area contributed by atoms with Crippen molar-refractivity contribution in [3.8, 4) is 5.75 Å². The summed E-state index contributed by atoms with van der Waals surface area (Å²) in [5, 5.41) is 3.74. The third-order valence-corrected chi connectivity index (χ3v) is 2.67. The van der Waals surface area contributed by atoms with Gasteiger partial charge in [0.25, 0.3) is 0 Å². The molecule has 2 rings (SSSR count). The van der Waals surface area contributed by atoms with Crippen molar-refractivity contribution in [1.82, 2.24) is 10.1 Å². The van der Waals surface area contributed by atoms with Gasteiger partial charge in [0.15, 0.2) is 0 Å². The maximum Gasteiger partial charge on any atom is 0.232 e. The fraction of sp³-hybridized carbons (Fsp3) is 0.273. The molecule has 0 aliphatic heterocycles. The first-order chi connectivity index (χ1) is 7.78. The van der Waals surface area contributed by atoms with Crippen LogP contribution < -0.4 is 4.74 Å². The van der Waals surface area contributed by atoms with Gasteiger partial charge in [-0.1, -0.05) is 17.3 Å². The van der Waals surface area contributed by atoms with Crippen molar-refractivity contribution >= 4 is 22.6 Å². The summed E-state index contributed by atoms with van der Waals surface area (Å²) in [6.07, 6.45) is 1.66. The second-order valence-corrected chi connectivity index (χ2v) is 4.27. The topological polar surface area (TPSA) is 48.2 Å². The maximum atomic E-state index is 5.09. The fourth-order valence-electron chi connectivity index (χ4n) is 1.38. The quantitative estimate of drug-likeness (QED) is 0.808. The van der Waals surface area contributed by atoms with Gasteiger partial charge in [0.05, 0.1) is 7.11 Å². The van der Waals surface area contributed by atoms with Crippen LogP contribution in [0.1, 0.15) is 11.5 Å². The molecule has 2 aromatic rings. The van der Waals surface area contributed by atoms with Crippen LogP contribution in [-0.2, 0) is 12.8 Å². The highest BCUT2D eigenvalue weighted by molar-refractivity contribution is 14.1. The number of hydrogen-bond donors (Lipinski definition) is 0. The molecule has 0 fully saturated rings. The number of ether oxygens (including phenoxy) is 1. The van der Waals surface area contributed by atoms with E-state index in [1.807, 2.05) is 46.9 Å². The van der Waals surface area contributed by atoms with Gasteiger partial charge in [-0.2, -0.15) is 4.98 Å². The van der Waals surface area contributed by atoms with Gasteiger partial charge in [-0.05, 0) is 24.1 Å². The van der Waals surface area contributed by atoms with Crippen molar-refractivity contribution in [2.24, 2.45) is 0 Å². The largest absolute Gasteiger partial charge is 0.497 e. The molecule has 0 spiro atoms. The number of nitrogens with zero attached hydrogens (tertiary/aromatic N) is 2. The molecule has 0 unspecified atom stereocenters. The van der Waals surface area contributed by atoms with E-state index in [0.717, 1.165) is 18.6 Å². The van der Waals surface area contributed by atoms with E-state index in [2.05, 4.69) is 10.1 Å². The van der Waals surface area contributed by atoms with Gasteiger partial charge in [-0.25, -0.2) is 0 Å². The summed E-state index contributed by atoms with van der Waals surface area (Å²) >= 11 is 2.03. The molecule has 0 amide bonds. The zero-order chi connectivity index (χ0) is 11.4. The van der Waals surface area contributed by atoms with E-state index in [-0.39, 0.29) is 0 Å². The first-order valence-electron chi connectivity index (χ1n) is 4.89. The Kier molecular flexibility index (Phi) is 3.76. The van der Waals surface area contributed by atoms with E-state index in [1.54, 1.807) is 7.11 Å². The van der Waals surface area contributed by atoms with Crippen LogP contribution in [0, 0.1) is 3.83 Å². The van der Waals surface area contributed by atoms with Gasteiger partial charge in [-0.3, -0.25) is 0 Å². The van der Waals surface area contributed by atoms with Gasteiger partial charge in [0.1, 0.15) is 5.75 Å². The zero-order valence-electron chi connectivity index (χ0n) is 8.81. The minimum absolute atomic E-state index is 0.655. The highest BCUT2D eigenvalue weighted by atomic mass is 127. The van der Waals surface area contributed by atoms with Crippen molar-refractivity contribution in [3.63, 3.8) is 0 Å². The summed E-state index contributed by atoms with van der Waals surface area (Å²) in [6.45, 7) is 0. The van der Waals surface area contributed by atoms with Crippen molar-refractivity contribution in [2.45, 2.75) is 12.8 Å². The van der Waals surface area contributed by atoms with Gasteiger partial charge in [0, 0.05) is 29.0 Å². The molecule has 0 saturated heterocycles. The third-order valence-electron chi connectivity index (χ3n) is 2.23. The highest BCUT2D eigenvalue weighted by Gasteiger charge is 2.03. The molecular weight excluding hydrogens is 319 g/mol. The molecule has 0 bridgehead atoms. The summed E-state index contributed by atoms with van der Waals surface area (Å²) in [6, 6.07) is 7.99. The molecule has 0 N–H and O–H groups in total. The highest BCUT2D eigenvalue weighted by Crippen LogP contribution is 2.13. The lowest BCUT2D eigenvalue weighted by molar-refractivity contribution is 0.374. The van der Waals surface area contributed by atoms with E-state index in [1.165, 1.54) is 5.56 Å². The normalized spacial score (nSPS) is 10.4. The zero-order valence-corrected chi connectivity index (χ0v) is 11.0. The van der Waals surface area contributed by atoms with Crippen LogP contribution in [0.2, 0.25) is 0 Å². The molecular formula is C11H11IN2O2. The summed E-state index contributed by atoms with van der Waals surface area (Å²) in [5.41, 5.74) is 1.23. The second kappa shape index (κ2) is 5.29. The average Bonchev–Trinajstić information content (AvgIpc) is 2.73. The molecule has 0 saturated carbocycles. The van der Waals surface area contributed by atoms with Crippen molar-refractivity contribution in [1.29, 1.82) is 0 Å². The molecule has 1 aromatic heterocycles. The van der Waals surface area contributed by atoms with Crippen LogP contribution in [0.5, 0.6) is 5.75 Å². The predicted molar refractivity (Wildman–Crippen MR) is 67.4 cm³/mol. The molecule has 0 radical (unpaired) electrons. The van der Waals surface area contributed by atoms with E-state index in [0.29, 0.717) is 9.72 Å². The van der Waals surface area contributed by atoms with Crippen LogP contribution in [0.3, 0.4) is 0 Å². The summed E-state index contributed by atoms with van der Waals surface area (Å²) < 4.78 is 10.8. The Balaban J connectivity index is 1.94. The summed E-state index contributed by atoms with van der Waals surface area (Å²) in [7, 11) is 1.66. The fourth-order valence-corrected chi connectivity index (χ4v) is 1.75. The van der Waals surface area contributed by atoms with E-state index in [9.17, 15) is 0 Å². The Bertz CT molecular complexity index is 453. The van der Waals surface area contributed by atoms with Crippen molar-refractivity contribution in [3.05, 3.63) is 39.6 Å². The molecule has 5 heteroatoms. The molecule has 0 atom stereocenters. The van der Waals surface area contributed by atoms with Gasteiger partial charge < -0.3 is 9.26 Å². The number of aryl methyl sites for hydroxylation is 2. The van der Waals surface area contributed by atoms with Gasteiger partial charge in [-0.15, -0.1) is 0 Å².